The Morgan fingerprint density at radius 3 is 2.33 bits per heavy atom. The first-order valence-electron chi connectivity index (χ1n) is 14.3. The molecule has 5 rings (SSSR count). The van der Waals surface area contributed by atoms with Crippen LogP contribution in [0, 0.1) is 5.82 Å². The van der Waals surface area contributed by atoms with E-state index in [9.17, 15) is 18.8 Å². The molecule has 2 aromatic carbocycles. The molecule has 0 saturated carbocycles. The predicted molar refractivity (Wildman–Crippen MR) is 161 cm³/mol. The molecule has 1 aromatic heterocycles. The van der Waals surface area contributed by atoms with Crippen LogP contribution >= 0.6 is 0 Å². The number of pyridine rings is 1. The molecule has 3 aromatic rings. The average molecular weight is 590 g/mol. The molecular weight excluding hydrogens is 553 g/mol. The number of ether oxygens (including phenoxy) is 1. The van der Waals surface area contributed by atoms with Crippen LogP contribution in [-0.2, 0) is 11.2 Å². The number of rotatable bonds is 8. The van der Waals surface area contributed by atoms with Gasteiger partial charge in [-0.15, -0.1) is 0 Å². The summed E-state index contributed by atoms with van der Waals surface area (Å²) in [6.07, 6.45) is 3.43. The Balaban J connectivity index is 1.05. The zero-order valence-electron chi connectivity index (χ0n) is 24.3. The molecular formula is C31H36FN7O4. The first-order valence-corrected chi connectivity index (χ1v) is 14.3. The summed E-state index contributed by atoms with van der Waals surface area (Å²) in [5.74, 6) is 0.474. The number of anilines is 2. The van der Waals surface area contributed by atoms with E-state index in [-0.39, 0.29) is 12.5 Å². The third-order valence-corrected chi connectivity index (χ3v) is 7.73. The van der Waals surface area contributed by atoms with Crippen LogP contribution in [-0.4, -0.2) is 90.0 Å². The van der Waals surface area contributed by atoms with Gasteiger partial charge in [-0.05, 0) is 75.0 Å². The Morgan fingerprint density at radius 2 is 1.65 bits per heavy atom. The molecule has 2 aliphatic rings. The SMILES string of the molecule is CN(C)C1CN(C2CCN(C(=O)Nc3cc(Oc4ccc(NC(=O)NC(=O)Cc5ccc(F)cc5)cc4)ccn3)CC2)C1. The van der Waals surface area contributed by atoms with E-state index in [1.165, 1.54) is 24.3 Å². The molecule has 0 radical (unpaired) electrons. The van der Waals surface area contributed by atoms with Gasteiger partial charge in [-0.1, -0.05) is 12.1 Å². The van der Waals surface area contributed by atoms with Gasteiger partial charge in [0, 0.05) is 56.2 Å². The van der Waals surface area contributed by atoms with E-state index in [4.69, 9.17) is 4.74 Å². The quantitative estimate of drug-likeness (QED) is 0.361. The van der Waals surface area contributed by atoms with Crippen LogP contribution in [0.4, 0.5) is 25.5 Å². The van der Waals surface area contributed by atoms with Gasteiger partial charge in [-0.3, -0.25) is 20.3 Å². The summed E-state index contributed by atoms with van der Waals surface area (Å²) >= 11 is 0. The molecule has 2 fully saturated rings. The van der Waals surface area contributed by atoms with Crippen molar-refractivity contribution in [2.75, 3.05) is 50.9 Å². The summed E-state index contributed by atoms with van der Waals surface area (Å²) in [6, 6.07) is 15.7. The molecule has 12 heteroatoms. The lowest BCUT2D eigenvalue weighted by molar-refractivity contribution is -0.119. The van der Waals surface area contributed by atoms with E-state index in [0.29, 0.717) is 53.7 Å². The molecule has 3 N–H and O–H groups in total. The molecule has 0 atom stereocenters. The number of hydrogen-bond donors (Lipinski definition) is 3. The average Bonchev–Trinajstić information content (AvgIpc) is 2.95. The minimum Gasteiger partial charge on any atom is -0.457 e. The van der Waals surface area contributed by atoms with E-state index in [1.807, 2.05) is 4.90 Å². The number of carbonyl (C=O) groups is 3. The van der Waals surface area contributed by atoms with Crippen LogP contribution in [0.3, 0.4) is 0 Å². The molecule has 2 saturated heterocycles. The fraction of sp³-hybridized carbons (Fsp3) is 0.355. The van der Waals surface area contributed by atoms with Crippen molar-refractivity contribution in [1.82, 2.24) is 25.0 Å². The summed E-state index contributed by atoms with van der Waals surface area (Å²) in [7, 11) is 4.23. The number of carbonyl (C=O) groups excluding carboxylic acids is 3. The van der Waals surface area contributed by atoms with Gasteiger partial charge in [0.25, 0.3) is 0 Å². The maximum Gasteiger partial charge on any atom is 0.325 e. The molecule has 3 heterocycles. The number of hydrogen-bond acceptors (Lipinski definition) is 7. The number of imide groups is 1. The van der Waals surface area contributed by atoms with Crippen molar-refractivity contribution in [2.45, 2.75) is 31.3 Å². The van der Waals surface area contributed by atoms with Gasteiger partial charge >= 0.3 is 12.1 Å². The molecule has 11 nitrogen and oxygen atoms in total. The third-order valence-electron chi connectivity index (χ3n) is 7.73. The molecule has 5 amide bonds. The Labute approximate surface area is 250 Å². The molecule has 2 aliphatic heterocycles. The number of aromatic nitrogens is 1. The number of urea groups is 2. The zero-order chi connectivity index (χ0) is 30.3. The summed E-state index contributed by atoms with van der Waals surface area (Å²) < 4.78 is 18.9. The number of nitrogens with one attached hydrogen (secondary N) is 3. The second kappa shape index (κ2) is 13.6. The minimum absolute atomic E-state index is 0.0519. The van der Waals surface area contributed by atoms with Gasteiger partial charge in [-0.25, -0.2) is 19.0 Å². The highest BCUT2D eigenvalue weighted by atomic mass is 19.1. The number of likely N-dealkylation sites (tertiary alicyclic amines) is 2. The van der Waals surface area contributed by atoms with Crippen molar-refractivity contribution in [3.8, 4) is 11.5 Å². The van der Waals surface area contributed by atoms with Crippen LogP contribution in [0.15, 0.2) is 66.9 Å². The summed E-state index contributed by atoms with van der Waals surface area (Å²) in [5.41, 5.74) is 1.05. The number of benzene rings is 2. The van der Waals surface area contributed by atoms with Crippen LogP contribution in [0.5, 0.6) is 11.5 Å². The first kappa shape index (κ1) is 29.9. The molecule has 0 unspecified atom stereocenters. The number of likely N-dealkylation sites (N-methyl/N-ethyl adjacent to an activating group) is 1. The Morgan fingerprint density at radius 1 is 0.953 bits per heavy atom. The fourth-order valence-corrected chi connectivity index (χ4v) is 5.14. The molecule has 0 aliphatic carbocycles. The van der Waals surface area contributed by atoms with Gasteiger partial charge < -0.3 is 19.9 Å². The van der Waals surface area contributed by atoms with Gasteiger partial charge in [-0.2, -0.15) is 0 Å². The highest BCUT2D eigenvalue weighted by Crippen LogP contribution is 2.26. The topological polar surface area (TPSA) is 119 Å². The maximum absolute atomic E-state index is 13.0. The predicted octanol–water partition coefficient (Wildman–Crippen LogP) is 4.15. The standard InChI is InChI=1S/C31H36FN7O4/c1-37(2)25-19-39(20-25)24-12-15-38(16-13-24)31(42)35-28-18-27(11-14-33-28)43-26-9-7-23(8-10-26)34-30(41)36-29(40)17-21-3-5-22(32)6-4-21/h3-11,14,18,24-25H,12-13,15-17,19-20H2,1-2H3,(H,33,35,42)(H2,34,36,40,41). The Hall–Kier alpha value is -4.55. The summed E-state index contributed by atoms with van der Waals surface area (Å²) in [4.78, 5) is 48.0. The van der Waals surface area contributed by atoms with E-state index in [2.05, 4.69) is 44.8 Å². The van der Waals surface area contributed by atoms with E-state index in [0.717, 1.165) is 25.9 Å². The van der Waals surface area contributed by atoms with Crippen molar-refractivity contribution in [2.24, 2.45) is 0 Å². The second-order valence-electron chi connectivity index (χ2n) is 11.0. The van der Waals surface area contributed by atoms with Gasteiger partial charge in [0.05, 0.1) is 6.42 Å². The normalized spacial score (nSPS) is 16.0. The number of halogens is 1. The number of piperidine rings is 1. The van der Waals surface area contributed by atoms with Gasteiger partial charge in [0.2, 0.25) is 5.91 Å². The number of amides is 5. The summed E-state index contributed by atoms with van der Waals surface area (Å²) in [6.45, 7) is 3.60. The Bertz CT molecular complexity index is 1420. The Kier molecular flexibility index (Phi) is 9.48. The lowest BCUT2D eigenvalue weighted by Gasteiger charge is -2.49. The zero-order valence-corrected chi connectivity index (χ0v) is 24.3. The minimum atomic E-state index is -0.682. The van der Waals surface area contributed by atoms with Crippen molar-refractivity contribution < 1.29 is 23.5 Å². The van der Waals surface area contributed by atoms with E-state index < -0.39 is 17.8 Å². The van der Waals surface area contributed by atoms with E-state index >= 15 is 0 Å². The largest absolute Gasteiger partial charge is 0.457 e. The van der Waals surface area contributed by atoms with Crippen molar-refractivity contribution in [3.63, 3.8) is 0 Å². The third kappa shape index (κ3) is 8.27. The summed E-state index contributed by atoms with van der Waals surface area (Å²) in [5, 5.41) is 7.71. The highest BCUT2D eigenvalue weighted by molar-refractivity contribution is 6.01. The molecule has 43 heavy (non-hydrogen) atoms. The lowest BCUT2D eigenvalue weighted by atomic mass is 9.97. The van der Waals surface area contributed by atoms with Crippen LogP contribution in [0.1, 0.15) is 18.4 Å². The van der Waals surface area contributed by atoms with E-state index in [1.54, 1.807) is 42.6 Å². The van der Waals surface area contributed by atoms with Gasteiger partial charge in [0.15, 0.2) is 0 Å². The van der Waals surface area contributed by atoms with Crippen LogP contribution in [0.2, 0.25) is 0 Å². The maximum atomic E-state index is 13.0. The number of nitrogens with zero attached hydrogens (tertiary/aromatic N) is 4. The monoisotopic (exact) mass is 589 g/mol. The second-order valence-corrected chi connectivity index (χ2v) is 11.0. The fourth-order valence-electron chi connectivity index (χ4n) is 5.14. The van der Waals surface area contributed by atoms with Crippen molar-refractivity contribution in [1.29, 1.82) is 0 Å². The lowest BCUT2D eigenvalue weighted by Crippen LogP contribution is -2.62. The highest BCUT2D eigenvalue weighted by Gasteiger charge is 2.35. The molecule has 0 spiro atoms. The molecule has 226 valence electrons. The van der Waals surface area contributed by atoms with Crippen molar-refractivity contribution in [3.05, 3.63) is 78.2 Å². The smallest absolute Gasteiger partial charge is 0.325 e. The molecule has 0 bridgehead atoms. The van der Waals surface area contributed by atoms with Crippen molar-refractivity contribution >= 4 is 29.5 Å². The van der Waals surface area contributed by atoms with Crippen LogP contribution in [0.25, 0.3) is 0 Å². The van der Waals surface area contributed by atoms with Crippen LogP contribution < -0.4 is 20.7 Å². The van der Waals surface area contributed by atoms with Gasteiger partial charge in [0.1, 0.15) is 23.1 Å². The first-order chi connectivity index (χ1) is 20.7.